The molecule has 0 spiro atoms. The summed E-state index contributed by atoms with van der Waals surface area (Å²) in [5, 5.41) is 2.86. The van der Waals surface area contributed by atoms with Crippen molar-refractivity contribution >= 4 is 27.3 Å². The van der Waals surface area contributed by atoms with Crippen molar-refractivity contribution in [2.75, 3.05) is 10.0 Å². The number of carbonyl (C=O) groups is 1. The molecule has 7 heteroatoms. The first kappa shape index (κ1) is 18.0. The minimum absolute atomic E-state index is 0.0985. The molecule has 2 fully saturated rings. The Kier molecular flexibility index (Phi) is 4.65. The van der Waals surface area contributed by atoms with Crippen LogP contribution in [0.5, 0.6) is 0 Å². The Bertz CT molecular complexity index is 944. The first-order valence-electron chi connectivity index (χ1n) is 9.18. The van der Waals surface area contributed by atoms with Gasteiger partial charge in [0.2, 0.25) is 5.91 Å². The second-order valence-corrected chi connectivity index (χ2v) is 9.11. The van der Waals surface area contributed by atoms with Crippen LogP contribution in [-0.2, 0) is 14.8 Å². The molecular weight excluding hydrogens is 362 g/mol. The normalized spacial score (nSPS) is 26.7. The highest BCUT2D eigenvalue weighted by Crippen LogP contribution is 2.47. The molecule has 0 aliphatic heterocycles. The molecular formula is C20H23N3O3S. The summed E-state index contributed by atoms with van der Waals surface area (Å²) in [6.07, 6.45) is 3.18. The Morgan fingerprint density at radius 1 is 0.963 bits per heavy atom. The first-order chi connectivity index (χ1) is 12.9. The van der Waals surface area contributed by atoms with E-state index in [4.69, 9.17) is 5.73 Å². The average Bonchev–Trinajstić information content (AvgIpc) is 3.23. The highest BCUT2D eigenvalue weighted by molar-refractivity contribution is 7.92. The van der Waals surface area contributed by atoms with E-state index in [0.29, 0.717) is 23.2 Å². The maximum Gasteiger partial charge on any atom is 0.261 e. The number of hydrogen-bond donors (Lipinski definition) is 3. The SMILES string of the molecule is NC1C2CCC(C2)C1C(=O)Nc1cccc(S(=O)(=O)Nc2ccccc2)c1. The Morgan fingerprint density at radius 2 is 1.67 bits per heavy atom. The number of amides is 1. The molecule has 4 unspecified atom stereocenters. The van der Waals surface area contributed by atoms with Gasteiger partial charge in [-0.2, -0.15) is 0 Å². The van der Waals surface area contributed by atoms with Gasteiger partial charge in [0.25, 0.3) is 10.0 Å². The fourth-order valence-corrected chi connectivity index (χ4v) is 5.52. The van der Waals surface area contributed by atoms with Crippen molar-refractivity contribution in [3.8, 4) is 0 Å². The molecule has 1 amide bonds. The largest absolute Gasteiger partial charge is 0.327 e. The van der Waals surface area contributed by atoms with Crippen LogP contribution in [0, 0.1) is 17.8 Å². The number of sulfonamides is 1. The number of nitrogens with two attached hydrogens (primary N) is 1. The molecule has 142 valence electrons. The quantitative estimate of drug-likeness (QED) is 0.736. The van der Waals surface area contributed by atoms with E-state index in [1.54, 1.807) is 36.4 Å². The number of nitrogens with one attached hydrogen (secondary N) is 2. The lowest BCUT2D eigenvalue weighted by Crippen LogP contribution is -2.42. The van der Waals surface area contributed by atoms with Gasteiger partial charge in [0.1, 0.15) is 0 Å². The number of carbonyl (C=O) groups excluding carboxylic acids is 1. The zero-order valence-electron chi connectivity index (χ0n) is 14.8. The van der Waals surface area contributed by atoms with Crippen molar-refractivity contribution in [3.63, 3.8) is 0 Å². The van der Waals surface area contributed by atoms with Gasteiger partial charge in [0.15, 0.2) is 0 Å². The summed E-state index contributed by atoms with van der Waals surface area (Å²) in [5.41, 5.74) is 7.19. The van der Waals surface area contributed by atoms with Crippen LogP contribution in [-0.4, -0.2) is 20.4 Å². The van der Waals surface area contributed by atoms with E-state index in [-0.39, 0.29) is 22.8 Å². The average molecular weight is 385 g/mol. The van der Waals surface area contributed by atoms with Crippen LogP contribution in [0.4, 0.5) is 11.4 Å². The van der Waals surface area contributed by atoms with E-state index in [0.717, 1.165) is 19.3 Å². The predicted octanol–water partition coefficient (Wildman–Crippen LogP) is 2.80. The van der Waals surface area contributed by atoms with Gasteiger partial charge in [0.05, 0.1) is 10.8 Å². The van der Waals surface area contributed by atoms with E-state index in [9.17, 15) is 13.2 Å². The summed E-state index contributed by atoms with van der Waals surface area (Å²) >= 11 is 0. The number of hydrogen-bond acceptors (Lipinski definition) is 4. The van der Waals surface area contributed by atoms with Gasteiger partial charge in [-0.3, -0.25) is 9.52 Å². The molecule has 4 atom stereocenters. The summed E-state index contributed by atoms with van der Waals surface area (Å²) in [6, 6.07) is 14.9. The summed E-state index contributed by atoms with van der Waals surface area (Å²) < 4.78 is 27.8. The van der Waals surface area contributed by atoms with Crippen LogP contribution >= 0.6 is 0 Å². The van der Waals surface area contributed by atoms with Crippen molar-refractivity contribution in [3.05, 3.63) is 54.6 Å². The monoisotopic (exact) mass is 385 g/mol. The van der Waals surface area contributed by atoms with Gasteiger partial charge >= 0.3 is 0 Å². The zero-order valence-corrected chi connectivity index (χ0v) is 15.7. The summed E-state index contributed by atoms with van der Waals surface area (Å²) in [4.78, 5) is 12.8. The lowest BCUT2D eigenvalue weighted by molar-refractivity contribution is -0.121. The predicted molar refractivity (Wildman–Crippen MR) is 105 cm³/mol. The number of anilines is 2. The topological polar surface area (TPSA) is 101 Å². The first-order valence-corrected chi connectivity index (χ1v) is 10.7. The van der Waals surface area contributed by atoms with Gasteiger partial charge in [-0.05, 0) is 61.4 Å². The molecule has 2 aromatic rings. The molecule has 2 saturated carbocycles. The number of benzene rings is 2. The van der Waals surface area contributed by atoms with E-state index < -0.39 is 10.0 Å². The van der Waals surface area contributed by atoms with Gasteiger partial charge < -0.3 is 11.1 Å². The molecule has 4 N–H and O–H groups in total. The summed E-state index contributed by atoms with van der Waals surface area (Å²) in [5.74, 6) is 0.482. The molecule has 0 radical (unpaired) electrons. The van der Waals surface area contributed by atoms with Gasteiger partial charge in [-0.15, -0.1) is 0 Å². The van der Waals surface area contributed by atoms with E-state index >= 15 is 0 Å². The third-order valence-electron chi connectivity index (χ3n) is 5.72. The third kappa shape index (κ3) is 3.57. The van der Waals surface area contributed by atoms with Gasteiger partial charge in [0, 0.05) is 17.4 Å². The fraction of sp³-hybridized carbons (Fsp3) is 0.350. The molecule has 6 nitrogen and oxygen atoms in total. The van der Waals surface area contributed by atoms with Crippen molar-refractivity contribution in [1.82, 2.24) is 0 Å². The van der Waals surface area contributed by atoms with Crippen molar-refractivity contribution < 1.29 is 13.2 Å². The summed E-state index contributed by atoms with van der Waals surface area (Å²) in [6.45, 7) is 0. The highest BCUT2D eigenvalue weighted by atomic mass is 32.2. The van der Waals surface area contributed by atoms with Crippen LogP contribution in [0.3, 0.4) is 0 Å². The third-order valence-corrected chi connectivity index (χ3v) is 7.10. The van der Waals surface area contributed by atoms with Crippen LogP contribution in [0.25, 0.3) is 0 Å². The van der Waals surface area contributed by atoms with Crippen LogP contribution in [0.1, 0.15) is 19.3 Å². The maximum atomic E-state index is 12.7. The second kappa shape index (κ2) is 6.98. The Balaban J connectivity index is 1.50. The minimum atomic E-state index is -3.74. The molecule has 0 saturated heterocycles. The molecule has 4 rings (SSSR count). The lowest BCUT2D eigenvalue weighted by Gasteiger charge is -2.27. The molecule has 2 aliphatic carbocycles. The molecule has 2 aliphatic rings. The standard InChI is InChI=1S/C20H23N3O3S/c21-19-14-10-9-13(11-14)18(19)20(24)22-16-7-4-8-17(12-16)27(25,26)23-15-5-2-1-3-6-15/h1-8,12-14,18-19,23H,9-11,21H2,(H,22,24). The van der Waals surface area contributed by atoms with Crippen LogP contribution < -0.4 is 15.8 Å². The molecule has 27 heavy (non-hydrogen) atoms. The van der Waals surface area contributed by atoms with E-state index in [1.165, 1.54) is 12.1 Å². The molecule has 0 heterocycles. The number of para-hydroxylation sites is 1. The van der Waals surface area contributed by atoms with Gasteiger partial charge in [-0.1, -0.05) is 24.3 Å². The molecule has 2 aromatic carbocycles. The Labute approximate surface area is 159 Å². The Morgan fingerprint density at radius 3 is 2.37 bits per heavy atom. The number of rotatable bonds is 5. The van der Waals surface area contributed by atoms with Crippen molar-refractivity contribution in [1.29, 1.82) is 0 Å². The summed E-state index contributed by atoms with van der Waals surface area (Å²) in [7, 11) is -3.74. The second-order valence-electron chi connectivity index (χ2n) is 7.42. The van der Waals surface area contributed by atoms with E-state index in [1.807, 2.05) is 6.07 Å². The van der Waals surface area contributed by atoms with Crippen molar-refractivity contribution in [2.45, 2.75) is 30.2 Å². The number of fused-ring (bicyclic) bond motifs is 2. The zero-order chi connectivity index (χ0) is 19.0. The Hall–Kier alpha value is -2.38. The molecule has 0 aromatic heterocycles. The smallest absolute Gasteiger partial charge is 0.261 e. The van der Waals surface area contributed by atoms with Crippen LogP contribution in [0.2, 0.25) is 0 Å². The van der Waals surface area contributed by atoms with E-state index in [2.05, 4.69) is 10.0 Å². The maximum absolute atomic E-state index is 12.7. The van der Waals surface area contributed by atoms with Gasteiger partial charge in [-0.25, -0.2) is 8.42 Å². The van der Waals surface area contributed by atoms with Crippen molar-refractivity contribution in [2.24, 2.45) is 23.5 Å². The van der Waals surface area contributed by atoms with Crippen LogP contribution in [0.15, 0.2) is 59.5 Å². The molecule has 2 bridgehead atoms. The fourth-order valence-electron chi connectivity index (χ4n) is 4.41. The highest BCUT2D eigenvalue weighted by Gasteiger charge is 2.49. The minimum Gasteiger partial charge on any atom is -0.327 e. The lowest BCUT2D eigenvalue weighted by atomic mass is 9.84.